The highest BCUT2D eigenvalue weighted by atomic mass is 19.1. The Morgan fingerprint density at radius 1 is 1.46 bits per heavy atom. The Bertz CT molecular complexity index is 175. The minimum atomic E-state index is -0.829. The molecule has 13 heavy (non-hydrogen) atoms. The van der Waals surface area contributed by atoms with Crippen LogP contribution in [0.2, 0.25) is 0 Å². The third-order valence-electron chi connectivity index (χ3n) is 2.53. The molecule has 0 aromatic heterocycles. The van der Waals surface area contributed by atoms with E-state index in [1.165, 1.54) is 0 Å². The number of rotatable bonds is 3. The monoisotopic (exact) mass is 189 g/mol. The standard InChI is InChI=1S/C9H16FNO2/c10-8-4-6-11-5-3-7(8)1-2-9(12)13/h7-8,11H,1-6H2,(H,12,13)/t7-,8+/m0/s1. The number of hydrogen-bond acceptors (Lipinski definition) is 2. The summed E-state index contributed by atoms with van der Waals surface area (Å²) in [7, 11) is 0. The molecule has 3 nitrogen and oxygen atoms in total. The normalized spacial score (nSPS) is 29.6. The first-order valence-electron chi connectivity index (χ1n) is 4.76. The van der Waals surface area contributed by atoms with Gasteiger partial charge >= 0.3 is 5.97 Å². The summed E-state index contributed by atoms with van der Waals surface area (Å²) in [5.74, 6) is -0.893. The predicted octanol–water partition coefficient (Wildman–Crippen LogP) is 1.19. The minimum absolute atomic E-state index is 0.0638. The molecule has 0 radical (unpaired) electrons. The Morgan fingerprint density at radius 3 is 2.85 bits per heavy atom. The summed E-state index contributed by atoms with van der Waals surface area (Å²) in [4.78, 5) is 10.3. The molecule has 4 heteroatoms. The second-order valence-corrected chi connectivity index (χ2v) is 3.54. The topological polar surface area (TPSA) is 49.3 Å². The highest BCUT2D eigenvalue weighted by molar-refractivity contribution is 5.66. The molecule has 0 aromatic carbocycles. The number of carboxylic acid groups (broad SMARTS) is 1. The molecule has 0 saturated carbocycles. The second-order valence-electron chi connectivity index (χ2n) is 3.54. The SMILES string of the molecule is O=C(O)CC[C@H]1CCNCC[C@H]1F. The quantitative estimate of drug-likeness (QED) is 0.701. The Balaban J connectivity index is 2.31. The Morgan fingerprint density at radius 2 is 2.15 bits per heavy atom. The Hall–Kier alpha value is -0.640. The number of aliphatic carboxylic acids is 1. The van der Waals surface area contributed by atoms with E-state index < -0.39 is 12.1 Å². The molecule has 2 atom stereocenters. The lowest BCUT2D eigenvalue weighted by atomic mass is 9.93. The molecule has 1 saturated heterocycles. The van der Waals surface area contributed by atoms with Crippen molar-refractivity contribution >= 4 is 5.97 Å². The summed E-state index contributed by atoms with van der Waals surface area (Å²) in [6, 6.07) is 0. The average Bonchev–Trinajstić information content (AvgIpc) is 2.27. The summed E-state index contributed by atoms with van der Waals surface area (Å²) < 4.78 is 13.3. The number of hydrogen-bond donors (Lipinski definition) is 2. The van der Waals surface area contributed by atoms with E-state index in [4.69, 9.17) is 5.11 Å². The van der Waals surface area contributed by atoms with Crippen molar-refractivity contribution in [1.82, 2.24) is 5.32 Å². The third-order valence-corrected chi connectivity index (χ3v) is 2.53. The van der Waals surface area contributed by atoms with Crippen LogP contribution >= 0.6 is 0 Å². The van der Waals surface area contributed by atoms with E-state index in [-0.39, 0.29) is 12.3 Å². The van der Waals surface area contributed by atoms with Crippen molar-refractivity contribution in [2.45, 2.75) is 31.9 Å². The van der Waals surface area contributed by atoms with Gasteiger partial charge in [0.05, 0.1) is 0 Å². The summed E-state index contributed by atoms with van der Waals surface area (Å²) in [6.07, 6.45) is 1.01. The van der Waals surface area contributed by atoms with Crippen molar-refractivity contribution in [3.8, 4) is 0 Å². The van der Waals surface area contributed by atoms with Crippen LogP contribution in [0.25, 0.3) is 0 Å². The van der Waals surface area contributed by atoms with Gasteiger partial charge in [-0.25, -0.2) is 4.39 Å². The lowest BCUT2D eigenvalue weighted by Gasteiger charge is -2.16. The van der Waals surface area contributed by atoms with Crippen LogP contribution in [0.4, 0.5) is 4.39 Å². The van der Waals surface area contributed by atoms with Gasteiger partial charge in [-0.3, -0.25) is 4.79 Å². The van der Waals surface area contributed by atoms with Crippen molar-refractivity contribution in [3.63, 3.8) is 0 Å². The molecule has 0 aromatic rings. The maximum atomic E-state index is 13.3. The van der Waals surface area contributed by atoms with Gasteiger partial charge in [0, 0.05) is 6.42 Å². The fourth-order valence-corrected chi connectivity index (χ4v) is 1.70. The number of alkyl halides is 1. The fourth-order valence-electron chi connectivity index (χ4n) is 1.70. The lowest BCUT2D eigenvalue weighted by molar-refractivity contribution is -0.137. The molecule has 0 aliphatic carbocycles. The van der Waals surface area contributed by atoms with Gasteiger partial charge in [-0.05, 0) is 38.3 Å². The maximum absolute atomic E-state index is 13.3. The summed E-state index contributed by atoms with van der Waals surface area (Å²) in [5.41, 5.74) is 0. The van der Waals surface area contributed by atoms with Crippen LogP contribution in [-0.2, 0) is 4.79 Å². The number of halogens is 1. The number of carboxylic acids is 1. The van der Waals surface area contributed by atoms with Crippen molar-refractivity contribution in [3.05, 3.63) is 0 Å². The highest BCUT2D eigenvalue weighted by Gasteiger charge is 2.23. The van der Waals surface area contributed by atoms with Crippen LogP contribution in [0.1, 0.15) is 25.7 Å². The van der Waals surface area contributed by atoms with Crippen LogP contribution < -0.4 is 5.32 Å². The van der Waals surface area contributed by atoms with Gasteiger partial charge < -0.3 is 10.4 Å². The van der Waals surface area contributed by atoms with Gasteiger partial charge in [0.15, 0.2) is 0 Å². The fraction of sp³-hybridized carbons (Fsp3) is 0.889. The molecule has 0 bridgehead atoms. The smallest absolute Gasteiger partial charge is 0.303 e. The molecule has 2 N–H and O–H groups in total. The zero-order chi connectivity index (χ0) is 9.68. The predicted molar refractivity (Wildman–Crippen MR) is 47.4 cm³/mol. The van der Waals surface area contributed by atoms with Gasteiger partial charge in [-0.15, -0.1) is 0 Å². The maximum Gasteiger partial charge on any atom is 0.303 e. The Kier molecular flexibility index (Phi) is 4.15. The summed E-state index contributed by atoms with van der Waals surface area (Å²) in [5, 5.41) is 11.6. The van der Waals surface area contributed by atoms with E-state index in [1.54, 1.807) is 0 Å². The summed E-state index contributed by atoms with van der Waals surface area (Å²) in [6.45, 7) is 1.52. The number of carbonyl (C=O) groups is 1. The zero-order valence-corrected chi connectivity index (χ0v) is 7.63. The largest absolute Gasteiger partial charge is 0.481 e. The number of nitrogens with one attached hydrogen (secondary N) is 1. The van der Waals surface area contributed by atoms with Gasteiger partial charge in [0.2, 0.25) is 0 Å². The first-order chi connectivity index (χ1) is 6.20. The molecule has 0 unspecified atom stereocenters. The zero-order valence-electron chi connectivity index (χ0n) is 7.63. The van der Waals surface area contributed by atoms with E-state index in [0.29, 0.717) is 19.4 Å². The second kappa shape index (κ2) is 5.17. The van der Waals surface area contributed by atoms with Gasteiger partial charge in [-0.2, -0.15) is 0 Å². The molecular formula is C9H16FNO2. The van der Waals surface area contributed by atoms with Crippen molar-refractivity contribution in [2.24, 2.45) is 5.92 Å². The van der Waals surface area contributed by atoms with E-state index in [2.05, 4.69) is 5.32 Å². The molecule has 1 heterocycles. The van der Waals surface area contributed by atoms with Crippen molar-refractivity contribution in [1.29, 1.82) is 0 Å². The molecule has 1 rings (SSSR count). The summed E-state index contributed by atoms with van der Waals surface area (Å²) >= 11 is 0. The van der Waals surface area contributed by atoms with Crippen LogP contribution in [0, 0.1) is 5.92 Å². The molecule has 1 fully saturated rings. The van der Waals surface area contributed by atoms with Crippen molar-refractivity contribution < 1.29 is 14.3 Å². The lowest BCUT2D eigenvalue weighted by Crippen LogP contribution is -2.16. The van der Waals surface area contributed by atoms with Crippen LogP contribution in [0.5, 0.6) is 0 Å². The molecular weight excluding hydrogens is 173 g/mol. The minimum Gasteiger partial charge on any atom is -0.481 e. The van der Waals surface area contributed by atoms with E-state index in [1.807, 2.05) is 0 Å². The molecule has 1 aliphatic rings. The van der Waals surface area contributed by atoms with E-state index >= 15 is 0 Å². The van der Waals surface area contributed by atoms with Gasteiger partial charge in [0.1, 0.15) is 6.17 Å². The average molecular weight is 189 g/mol. The first-order valence-corrected chi connectivity index (χ1v) is 4.76. The molecule has 0 spiro atoms. The molecule has 76 valence electrons. The van der Waals surface area contributed by atoms with Crippen LogP contribution in [-0.4, -0.2) is 30.3 Å². The molecule has 1 aliphatic heterocycles. The van der Waals surface area contributed by atoms with E-state index in [0.717, 1.165) is 13.0 Å². The highest BCUT2D eigenvalue weighted by Crippen LogP contribution is 2.22. The van der Waals surface area contributed by atoms with E-state index in [9.17, 15) is 9.18 Å². The van der Waals surface area contributed by atoms with Gasteiger partial charge in [0.25, 0.3) is 0 Å². The Labute approximate surface area is 77.3 Å². The van der Waals surface area contributed by atoms with Crippen LogP contribution in [0.3, 0.4) is 0 Å². The van der Waals surface area contributed by atoms with Crippen molar-refractivity contribution in [2.75, 3.05) is 13.1 Å². The molecule has 0 amide bonds. The third kappa shape index (κ3) is 3.72. The van der Waals surface area contributed by atoms with Gasteiger partial charge in [-0.1, -0.05) is 0 Å². The first kappa shape index (κ1) is 10.4. The van der Waals surface area contributed by atoms with Crippen LogP contribution in [0.15, 0.2) is 0 Å².